The maximum Gasteiger partial charge on any atom is 0.355 e. The smallest absolute Gasteiger partial charge is 0.355 e. The summed E-state index contributed by atoms with van der Waals surface area (Å²) >= 11 is 5.36. The van der Waals surface area contributed by atoms with Crippen molar-refractivity contribution in [2.24, 2.45) is 0 Å². The van der Waals surface area contributed by atoms with Gasteiger partial charge in [-0.25, -0.2) is 9.78 Å². The zero-order valence-corrected chi connectivity index (χ0v) is 11.5. The van der Waals surface area contributed by atoms with E-state index in [1.165, 1.54) is 17.1 Å². The van der Waals surface area contributed by atoms with Crippen molar-refractivity contribution in [3.8, 4) is 0 Å². The number of carboxylic acids is 1. The van der Waals surface area contributed by atoms with Gasteiger partial charge in [-0.05, 0) is 6.92 Å². The van der Waals surface area contributed by atoms with Crippen LogP contribution in [0.4, 0.5) is 0 Å². The Labute approximate surface area is 107 Å². The van der Waals surface area contributed by atoms with Crippen LogP contribution in [0.15, 0.2) is 0 Å². The molecule has 1 fully saturated rings. The van der Waals surface area contributed by atoms with E-state index >= 15 is 0 Å². The van der Waals surface area contributed by atoms with Gasteiger partial charge in [-0.3, -0.25) is 0 Å². The van der Waals surface area contributed by atoms with Gasteiger partial charge in [-0.2, -0.15) is 11.8 Å². The summed E-state index contributed by atoms with van der Waals surface area (Å²) in [6.07, 6.45) is 0. The summed E-state index contributed by atoms with van der Waals surface area (Å²) in [4.78, 5) is 16.0. The lowest BCUT2D eigenvalue weighted by atomic mass is 10.3. The van der Waals surface area contributed by atoms with E-state index in [-0.39, 0.29) is 5.69 Å². The first kappa shape index (κ1) is 12.3. The molecule has 1 aliphatic heterocycles. The number of rotatable bonds is 2. The normalized spacial score (nSPS) is 25.6. The van der Waals surface area contributed by atoms with Gasteiger partial charge in [-0.15, -0.1) is 23.1 Å². The molecule has 0 spiro atoms. The predicted molar refractivity (Wildman–Crippen MR) is 70.9 cm³/mol. The van der Waals surface area contributed by atoms with Gasteiger partial charge < -0.3 is 5.11 Å². The van der Waals surface area contributed by atoms with Crippen LogP contribution in [0.2, 0.25) is 0 Å². The Morgan fingerprint density at radius 1 is 1.44 bits per heavy atom. The molecule has 0 bridgehead atoms. The van der Waals surface area contributed by atoms with Gasteiger partial charge in [0.1, 0.15) is 5.01 Å². The van der Waals surface area contributed by atoms with Crippen LogP contribution in [-0.2, 0) is 0 Å². The molecule has 2 rings (SSSR count). The highest BCUT2D eigenvalue weighted by molar-refractivity contribution is 8.06. The fourth-order valence-electron chi connectivity index (χ4n) is 1.64. The molecule has 0 saturated carbocycles. The maximum absolute atomic E-state index is 10.9. The molecule has 2 unspecified atom stereocenters. The molecule has 0 aromatic carbocycles. The average molecular weight is 275 g/mol. The molecule has 0 radical (unpaired) electrons. The van der Waals surface area contributed by atoms with Crippen LogP contribution in [0.5, 0.6) is 0 Å². The summed E-state index contributed by atoms with van der Waals surface area (Å²) in [5, 5.41) is 10.8. The van der Waals surface area contributed by atoms with Crippen molar-refractivity contribution in [1.82, 2.24) is 4.98 Å². The van der Waals surface area contributed by atoms with Crippen LogP contribution in [-0.4, -0.2) is 32.8 Å². The van der Waals surface area contributed by atoms with Crippen LogP contribution in [0.1, 0.15) is 32.5 Å². The van der Waals surface area contributed by atoms with Crippen LogP contribution in [0.3, 0.4) is 0 Å². The third kappa shape index (κ3) is 2.38. The number of aromatic nitrogens is 1. The predicted octanol–water partition coefficient (Wildman–Crippen LogP) is 3.06. The van der Waals surface area contributed by atoms with Crippen molar-refractivity contribution >= 4 is 40.8 Å². The zero-order chi connectivity index (χ0) is 11.7. The summed E-state index contributed by atoms with van der Waals surface area (Å²) in [6, 6.07) is 0. The summed E-state index contributed by atoms with van der Waals surface area (Å²) in [5.74, 6) is 1.39. The lowest BCUT2D eigenvalue weighted by Crippen LogP contribution is -2.15. The summed E-state index contributed by atoms with van der Waals surface area (Å²) in [6.45, 7) is 4.02. The van der Waals surface area contributed by atoms with E-state index in [1.54, 1.807) is 0 Å². The molecule has 1 N–H and O–H groups in total. The second-order valence-corrected chi connectivity index (χ2v) is 7.60. The second-order valence-electron chi connectivity index (χ2n) is 3.63. The van der Waals surface area contributed by atoms with Crippen molar-refractivity contribution in [1.29, 1.82) is 0 Å². The fraction of sp³-hybridized carbons (Fsp3) is 0.600. The molecule has 2 heterocycles. The molecule has 0 aliphatic carbocycles. The summed E-state index contributed by atoms with van der Waals surface area (Å²) in [5.41, 5.74) is 0.225. The Balaban J connectivity index is 2.26. The zero-order valence-electron chi connectivity index (χ0n) is 9.10. The summed E-state index contributed by atoms with van der Waals surface area (Å²) in [7, 11) is 0. The molecule has 2 atom stereocenters. The molecule has 1 aromatic heterocycles. The van der Waals surface area contributed by atoms with Crippen LogP contribution >= 0.6 is 34.9 Å². The maximum atomic E-state index is 10.9. The van der Waals surface area contributed by atoms with Crippen LogP contribution < -0.4 is 0 Å². The number of aryl methyl sites for hydroxylation is 1. The Morgan fingerprint density at radius 2 is 2.12 bits per heavy atom. The van der Waals surface area contributed by atoms with Crippen LogP contribution in [0.25, 0.3) is 0 Å². The SMILES string of the molecule is Cc1sc(C2SCCSC2C)nc1C(=O)O. The van der Waals surface area contributed by atoms with E-state index in [0.29, 0.717) is 10.5 Å². The standard InChI is InChI=1S/C10H13NO2S3/c1-5-7(10(12)13)11-9(16-5)8-6(2)14-3-4-15-8/h6,8H,3-4H2,1-2H3,(H,12,13). The molecule has 6 heteroatoms. The van der Waals surface area contributed by atoms with E-state index in [0.717, 1.165) is 15.6 Å². The third-order valence-electron chi connectivity index (χ3n) is 2.45. The van der Waals surface area contributed by atoms with Gasteiger partial charge in [0.15, 0.2) is 5.69 Å². The minimum Gasteiger partial charge on any atom is -0.476 e. The molecule has 16 heavy (non-hydrogen) atoms. The minimum atomic E-state index is -0.916. The molecule has 3 nitrogen and oxygen atoms in total. The van der Waals surface area contributed by atoms with Gasteiger partial charge in [0.05, 0.1) is 5.25 Å². The van der Waals surface area contributed by atoms with Crippen LogP contribution in [0, 0.1) is 6.92 Å². The lowest BCUT2D eigenvalue weighted by Gasteiger charge is -2.25. The first-order chi connectivity index (χ1) is 7.59. The Kier molecular flexibility index (Phi) is 3.81. The molecule has 1 aliphatic rings. The number of carboxylic acid groups (broad SMARTS) is 1. The third-order valence-corrected chi connectivity index (χ3v) is 6.75. The Bertz CT molecular complexity index is 405. The van der Waals surface area contributed by atoms with E-state index < -0.39 is 5.97 Å². The number of thiazole rings is 1. The molecule has 1 saturated heterocycles. The minimum absolute atomic E-state index is 0.225. The van der Waals surface area contributed by atoms with Gasteiger partial charge in [0.2, 0.25) is 0 Å². The van der Waals surface area contributed by atoms with Gasteiger partial charge in [-0.1, -0.05) is 6.92 Å². The fourth-order valence-corrected chi connectivity index (χ4v) is 5.71. The Hall–Kier alpha value is -0.200. The molecule has 1 aromatic rings. The number of aromatic carboxylic acids is 1. The Morgan fingerprint density at radius 3 is 2.69 bits per heavy atom. The van der Waals surface area contributed by atoms with E-state index in [9.17, 15) is 4.79 Å². The monoisotopic (exact) mass is 275 g/mol. The largest absolute Gasteiger partial charge is 0.476 e. The van der Waals surface area contributed by atoms with Crippen molar-refractivity contribution in [2.75, 3.05) is 11.5 Å². The topological polar surface area (TPSA) is 50.2 Å². The number of thioether (sulfide) groups is 2. The number of carbonyl (C=O) groups is 1. The molecular weight excluding hydrogens is 262 g/mol. The molecule has 0 amide bonds. The van der Waals surface area contributed by atoms with Gasteiger partial charge in [0.25, 0.3) is 0 Å². The van der Waals surface area contributed by atoms with Crippen molar-refractivity contribution in [3.63, 3.8) is 0 Å². The van der Waals surface area contributed by atoms with Gasteiger partial charge in [0, 0.05) is 21.6 Å². The average Bonchev–Trinajstić information content (AvgIpc) is 2.61. The number of nitrogens with zero attached hydrogens (tertiary/aromatic N) is 1. The first-order valence-corrected chi connectivity index (χ1v) is 7.95. The highest BCUT2D eigenvalue weighted by Gasteiger charge is 2.28. The van der Waals surface area contributed by atoms with E-state index in [1.807, 2.05) is 30.4 Å². The number of hydrogen-bond donors (Lipinski definition) is 1. The van der Waals surface area contributed by atoms with E-state index in [2.05, 4.69) is 11.9 Å². The van der Waals surface area contributed by atoms with Crippen molar-refractivity contribution in [3.05, 3.63) is 15.6 Å². The quantitative estimate of drug-likeness (QED) is 0.899. The molecular formula is C10H13NO2S3. The lowest BCUT2D eigenvalue weighted by molar-refractivity contribution is 0.0690. The molecule has 88 valence electrons. The van der Waals surface area contributed by atoms with Crippen molar-refractivity contribution in [2.45, 2.75) is 24.3 Å². The highest BCUT2D eigenvalue weighted by Crippen LogP contribution is 2.44. The summed E-state index contributed by atoms with van der Waals surface area (Å²) < 4.78 is 0. The second kappa shape index (κ2) is 4.98. The number of hydrogen-bond acceptors (Lipinski definition) is 5. The first-order valence-electron chi connectivity index (χ1n) is 5.03. The van der Waals surface area contributed by atoms with E-state index in [4.69, 9.17) is 5.11 Å². The highest BCUT2D eigenvalue weighted by atomic mass is 32.2. The van der Waals surface area contributed by atoms with Crippen molar-refractivity contribution < 1.29 is 9.90 Å². The van der Waals surface area contributed by atoms with Gasteiger partial charge >= 0.3 is 5.97 Å².